The third-order valence-corrected chi connectivity index (χ3v) is 4.57. The SMILES string of the molecule is CC(C)CCCC(C)n1c(C(C)Cl)nc2cc(Br)ccc21. The summed E-state index contributed by atoms with van der Waals surface area (Å²) >= 11 is 9.87. The number of rotatable bonds is 6. The van der Waals surface area contributed by atoms with Gasteiger partial charge < -0.3 is 4.57 Å². The Kier molecular flexibility index (Phi) is 5.73. The zero-order valence-electron chi connectivity index (χ0n) is 13.2. The second-order valence-corrected chi connectivity index (χ2v) is 7.83. The van der Waals surface area contributed by atoms with E-state index in [1.807, 2.05) is 6.92 Å². The first-order valence-electron chi connectivity index (χ1n) is 7.71. The molecule has 0 spiro atoms. The van der Waals surface area contributed by atoms with Crippen molar-refractivity contribution in [2.24, 2.45) is 5.92 Å². The van der Waals surface area contributed by atoms with Crippen LogP contribution in [0.4, 0.5) is 0 Å². The molecule has 21 heavy (non-hydrogen) atoms. The van der Waals surface area contributed by atoms with Crippen molar-refractivity contribution in [2.75, 3.05) is 0 Å². The molecule has 2 unspecified atom stereocenters. The monoisotopic (exact) mass is 370 g/mol. The van der Waals surface area contributed by atoms with Crippen LogP contribution in [0.25, 0.3) is 11.0 Å². The highest BCUT2D eigenvalue weighted by atomic mass is 79.9. The van der Waals surface area contributed by atoms with Gasteiger partial charge in [0.2, 0.25) is 0 Å². The number of alkyl halides is 1. The van der Waals surface area contributed by atoms with Crippen LogP contribution in [-0.4, -0.2) is 9.55 Å². The molecular weight excluding hydrogens is 348 g/mol. The molecule has 0 N–H and O–H groups in total. The summed E-state index contributed by atoms with van der Waals surface area (Å²) in [5, 5.41) is -0.0799. The van der Waals surface area contributed by atoms with Crippen LogP contribution in [-0.2, 0) is 0 Å². The largest absolute Gasteiger partial charge is 0.324 e. The van der Waals surface area contributed by atoms with E-state index in [1.54, 1.807) is 0 Å². The Balaban J connectivity index is 2.33. The molecule has 0 fully saturated rings. The molecule has 1 heterocycles. The van der Waals surface area contributed by atoms with E-state index in [0.29, 0.717) is 6.04 Å². The molecule has 0 bridgehead atoms. The van der Waals surface area contributed by atoms with Crippen LogP contribution in [0.2, 0.25) is 0 Å². The quantitative estimate of drug-likeness (QED) is 0.531. The van der Waals surface area contributed by atoms with Gasteiger partial charge in [0.25, 0.3) is 0 Å². The fraction of sp³-hybridized carbons (Fsp3) is 0.588. The van der Waals surface area contributed by atoms with E-state index >= 15 is 0 Å². The summed E-state index contributed by atoms with van der Waals surface area (Å²) in [5.41, 5.74) is 2.19. The molecule has 0 radical (unpaired) electrons. The van der Waals surface area contributed by atoms with Gasteiger partial charge in [0.1, 0.15) is 5.82 Å². The maximum Gasteiger partial charge on any atom is 0.127 e. The normalized spacial score (nSPS) is 14.8. The van der Waals surface area contributed by atoms with Gasteiger partial charge in [-0.25, -0.2) is 4.98 Å². The predicted octanol–water partition coefficient (Wildman–Crippen LogP) is 6.49. The molecule has 1 aromatic heterocycles. The van der Waals surface area contributed by atoms with Gasteiger partial charge >= 0.3 is 0 Å². The van der Waals surface area contributed by atoms with Crippen LogP contribution in [0.1, 0.15) is 64.2 Å². The minimum atomic E-state index is -0.0799. The maximum absolute atomic E-state index is 6.35. The summed E-state index contributed by atoms with van der Waals surface area (Å²) in [6.45, 7) is 8.82. The molecule has 0 aliphatic rings. The predicted molar refractivity (Wildman–Crippen MR) is 95.1 cm³/mol. The highest BCUT2D eigenvalue weighted by Crippen LogP contribution is 2.31. The highest BCUT2D eigenvalue weighted by Gasteiger charge is 2.19. The van der Waals surface area contributed by atoms with Crippen LogP contribution in [0.3, 0.4) is 0 Å². The Bertz CT molecular complexity index is 604. The van der Waals surface area contributed by atoms with E-state index in [4.69, 9.17) is 16.6 Å². The van der Waals surface area contributed by atoms with Crippen molar-refractivity contribution < 1.29 is 0 Å². The van der Waals surface area contributed by atoms with Crippen molar-refractivity contribution in [1.82, 2.24) is 9.55 Å². The van der Waals surface area contributed by atoms with Crippen LogP contribution in [0.5, 0.6) is 0 Å². The first-order valence-corrected chi connectivity index (χ1v) is 8.94. The molecule has 1 aromatic carbocycles. The Morgan fingerprint density at radius 2 is 1.90 bits per heavy atom. The first-order chi connectivity index (χ1) is 9.90. The van der Waals surface area contributed by atoms with Gasteiger partial charge in [-0.2, -0.15) is 0 Å². The fourth-order valence-corrected chi connectivity index (χ4v) is 3.29. The van der Waals surface area contributed by atoms with Crippen LogP contribution < -0.4 is 0 Å². The summed E-state index contributed by atoms with van der Waals surface area (Å²) < 4.78 is 3.38. The lowest BCUT2D eigenvalue weighted by Gasteiger charge is -2.19. The standard InChI is InChI=1S/C17H24BrClN2/c1-11(2)6-5-7-12(3)21-16-9-8-14(18)10-15(16)20-17(21)13(4)19/h8-13H,5-7H2,1-4H3. The Morgan fingerprint density at radius 3 is 2.52 bits per heavy atom. The van der Waals surface area contributed by atoms with E-state index in [9.17, 15) is 0 Å². The smallest absolute Gasteiger partial charge is 0.127 e. The van der Waals surface area contributed by atoms with Gasteiger partial charge in [-0.3, -0.25) is 0 Å². The van der Waals surface area contributed by atoms with Gasteiger partial charge in [0.15, 0.2) is 0 Å². The van der Waals surface area contributed by atoms with E-state index in [-0.39, 0.29) is 5.38 Å². The highest BCUT2D eigenvalue weighted by molar-refractivity contribution is 9.10. The summed E-state index contributed by atoms with van der Waals surface area (Å²) in [7, 11) is 0. The van der Waals surface area contributed by atoms with Crippen LogP contribution in [0, 0.1) is 5.92 Å². The number of nitrogens with zero attached hydrogens (tertiary/aromatic N) is 2. The zero-order chi connectivity index (χ0) is 15.6. The van der Waals surface area contributed by atoms with Crippen molar-refractivity contribution >= 4 is 38.6 Å². The maximum atomic E-state index is 6.35. The number of hydrogen-bond acceptors (Lipinski definition) is 1. The lowest BCUT2D eigenvalue weighted by Crippen LogP contribution is -2.10. The summed E-state index contributed by atoms with van der Waals surface area (Å²) in [6.07, 6.45) is 3.68. The van der Waals surface area contributed by atoms with Crippen molar-refractivity contribution in [1.29, 1.82) is 0 Å². The van der Waals surface area contributed by atoms with Gasteiger partial charge in [0, 0.05) is 10.5 Å². The Hall–Kier alpha value is -0.540. The van der Waals surface area contributed by atoms with E-state index in [2.05, 4.69) is 59.5 Å². The third-order valence-electron chi connectivity index (χ3n) is 3.88. The molecule has 2 rings (SSSR count). The van der Waals surface area contributed by atoms with E-state index in [1.165, 1.54) is 18.4 Å². The minimum absolute atomic E-state index is 0.0799. The van der Waals surface area contributed by atoms with Crippen molar-refractivity contribution in [2.45, 2.75) is 58.4 Å². The van der Waals surface area contributed by atoms with E-state index < -0.39 is 0 Å². The average molecular weight is 372 g/mol. The zero-order valence-corrected chi connectivity index (χ0v) is 15.6. The molecule has 116 valence electrons. The fourth-order valence-electron chi connectivity index (χ4n) is 2.78. The van der Waals surface area contributed by atoms with Gasteiger partial charge in [-0.1, -0.05) is 42.6 Å². The van der Waals surface area contributed by atoms with Gasteiger partial charge in [0.05, 0.1) is 16.4 Å². The average Bonchev–Trinajstić information content (AvgIpc) is 2.76. The third kappa shape index (κ3) is 4.01. The Morgan fingerprint density at radius 1 is 1.19 bits per heavy atom. The van der Waals surface area contributed by atoms with Crippen LogP contribution in [0.15, 0.2) is 22.7 Å². The second-order valence-electron chi connectivity index (χ2n) is 6.26. The van der Waals surface area contributed by atoms with Crippen molar-refractivity contribution in [3.63, 3.8) is 0 Å². The minimum Gasteiger partial charge on any atom is -0.324 e. The molecule has 0 saturated heterocycles. The number of halogens is 2. The van der Waals surface area contributed by atoms with Gasteiger partial charge in [-0.15, -0.1) is 11.6 Å². The van der Waals surface area contributed by atoms with Crippen molar-refractivity contribution in [3.05, 3.63) is 28.5 Å². The molecule has 2 atom stereocenters. The molecule has 0 amide bonds. The molecule has 2 aromatic rings. The summed E-state index contributed by atoms with van der Waals surface area (Å²) in [4.78, 5) is 4.74. The first kappa shape index (κ1) is 16.8. The topological polar surface area (TPSA) is 17.8 Å². The molecule has 0 aliphatic carbocycles. The van der Waals surface area contributed by atoms with Crippen molar-refractivity contribution in [3.8, 4) is 0 Å². The number of aromatic nitrogens is 2. The summed E-state index contributed by atoms with van der Waals surface area (Å²) in [6, 6.07) is 6.69. The molecule has 0 saturated carbocycles. The van der Waals surface area contributed by atoms with Gasteiger partial charge in [-0.05, 0) is 44.4 Å². The lowest BCUT2D eigenvalue weighted by molar-refractivity contribution is 0.444. The number of fused-ring (bicyclic) bond motifs is 1. The summed E-state index contributed by atoms with van der Waals surface area (Å²) in [5.74, 6) is 1.74. The molecular formula is C17H24BrClN2. The second kappa shape index (κ2) is 7.15. The lowest BCUT2D eigenvalue weighted by atomic mass is 10.0. The molecule has 2 nitrogen and oxygen atoms in total. The van der Waals surface area contributed by atoms with Crippen LogP contribution >= 0.6 is 27.5 Å². The number of hydrogen-bond donors (Lipinski definition) is 0. The van der Waals surface area contributed by atoms with E-state index in [0.717, 1.165) is 28.2 Å². The number of benzene rings is 1. The molecule has 0 aliphatic heterocycles. The molecule has 4 heteroatoms. The Labute approximate surface area is 141 Å². The number of imidazole rings is 1.